The van der Waals surface area contributed by atoms with E-state index in [4.69, 9.17) is 16.3 Å². The largest absolute Gasteiger partial charge is 0.493 e. The minimum atomic E-state index is -5.11. The third kappa shape index (κ3) is 6.96. The van der Waals surface area contributed by atoms with Gasteiger partial charge < -0.3 is 10.1 Å². The van der Waals surface area contributed by atoms with Crippen LogP contribution in [0.15, 0.2) is 41.3 Å². The number of fused-ring (bicyclic) bond motifs is 1. The van der Waals surface area contributed by atoms with Crippen molar-refractivity contribution in [3.8, 4) is 5.75 Å². The second kappa shape index (κ2) is 11.8. The molecule has 2 aliphatic heterocycles. The van der Waals surface area contributed by atoms with Crippen LogP contribution in [0.3, 0.4) is 0 Å². The minimum Gasteiger partial charge on any atom is -0.493 e. The monoisotopic (exact) mass is 577 g/mol. The zero-order chi connectivity index (χ0) is 27.5. The van der Waals surface area contributed by atoms with Gasteiger partial charge in [-0.3, -0.25) is 9.69 Å². The first-order valence-electron chi connectivity index (χ1n) is 12.2. The molecule has 2 atom stereocenters. The van der Waals surface area contributed by atoms with Crippen LogP contribution in [0.25, 0.3) is 0 Å². The fourth-order valence-electron chi connectivity index (χ4n) is 4.66. The number of benzene rings is 2. The molecule has 208 valence electrons. The average Bonchev–Trinajstić information content (AvgIpc) is 2.85. The molecule has 13 heteroatoms. The molecule has 0 radical (unpaired) electrons. The molecule has 2 aromatic carbocycles. The number of ether oxygens (including phenoxy) is 1. The first-order valence-corrected chi connectivity index (χ1v) is 14.1. The number of halogens is 5. The Kier molecular flexibility index (Phi) is 8.85. The van der Waals surface area contributed by atoms with Crippen molar-refractivity contribution in [2.45, 2.75) is 61.8 Å². The van der Waals surface area contributed by atoms with Crippen LogP contribution in [-0.2, 0) is 21.4 Å². The third-order valence-electron chi connectivity index (χ3n) is 6.60. The molecule has 0 spiro atoms. The average molecular weight is 578 g/mol. The topological polar surface area (TPSA) is 87.7 Å². The smallest absolute Gasteiger partial charge is 0.405 e. The summed E-state index contributed by atoms with van der Waals surface area (Å²) < 4.78 is 87.5. The summed E-state index contributed by atoms with van der Waals surface area (Å²) in [5.41, 5.74) is 1.68. The van der Waals surface area contributed by atoms with Gasteiger partial charge in [-0.25, -0.2) is 12.8 Å². The van der Waals surface area contributed by atoms with Gasteiger partial charge in [-0.2, -0.15) is 17.9 Å². The summed E-state index contributed by atoms with van der Waals surface area (Å²) in [4.78, 5) is 14.0. The highest BCUT2D eigenvalue weighted by atomic mass is 35.5. The van der Waals surface area contributed by atoms with Crippen molar-refractivity contribution in [1.29, 1.82) is 0 Å². The van der Waals surface area contributed by atoms with Gasteiger partial charge in [0.1, 0.15) is 16.7 Å². The number of carbonyl (C=O) groups excluding carboxylic acids is 1. The molecule has 38 heavy (non-hydrogen) atoms. The summed E-state index contributed by atoms with van der Waals surface area (Å²) in [6, 6.07) is 5.15. The Labute approximate surface area is 223 Å². The molecule has 0 aromatic heterocycles. The zero-order valence-electron chi connectivity index (χ0n) is 20.4. The molecule has 2 heterocycles. The van der Waals surface area contributed by atoms with Crippen LogP contribution in [-0.4, -0.2) is 51.1 Å². The molecule has 1 amide bonds. The summed E-state index contributed by atoms with van der Waals surface area (Å²) in [6.45, 7) is 3.05. The maximum absolute atomic E-state index is 14.2. The number of carbonyl (C=O) groups is 1. The summed E-state index contributed by atoms with van der Waals surface area (Å²) in [6.07, 6.45) is -2.49. The van der Waals surface area contributed by atoms with Gasteiger partial charge in [0.25, 0.3) is 0 Å². The van der Waals surface area contributed by atoms with E-state index in [1.165, 1.54) is 11.1 Å². The Hall–Kier alpha value is -2.41. The van der Waals surface area contributed by atoms with Gasteiger partial charge in [0.2, 0.25) is 15.9 Å². The van der Waals surface area contributed by atoms with E-state index in [2.05, 4.69) is 10.2 Å². The van der Waals surface area contributed by atoms with Crippen LogP contribution in [0.4, 0.5) is 17.6 Å². The Morgan fingerprint density at radius 2 is 1.89 bits per heavy atom. The molecule has 4 rings (SSSR count). The lowest BCUT2D eigenvalue weighted by Gasteiger charge is -2.30. The summed E-state index contributed by atoms with van der Waals surface area (Å²) in [7, 11) is -4.97. The quantitative estimate of drug-likeness (QED) is 0.444. The number of alkyl halides is 3. The van der Waals surface area contributed by atoms with Crippen molar-refractivity contribution >= 4 is 27.5 Å². The molecule has 1 fully saturated rings. The number of nitrogens with one attached hydrogen (secondary N) is 2. The number of hydrogen-bond acceptors (Lipinski definition) is 5. The molecular formula is C25H28ClF4N3O4S. The molecule has 0 saturated carbocycles. The lowest BCUT2D eigenvalue weighted by Crippen LogP contribution is -2.48. The predicted octanol–water partition coefficient (Wildman–Crippen LogP) is 4.70. The van der Waals surface area contributed by atoms with Gasteiger partial charge in [0.05, 0.1) is 24.1 Å². The van der Waals surface area contributed by atoms with Crippen molar-refractivity contribution in [2.24, 2.45) is 0 Å². The standard InChI is InChI=1S/C25H28ClF4N3O4S/c26-18-5-4-6-21(24(18)27)38(35,36)32-22(25(28,29)30)14-23(34)31-19-9-12-37-20-13-16(7-8-17(19)20)15-33-10-2-1-3-11-33/h4-8,13,19,22,32H,1-3,9-12,14-15H2,(H,31,34)/t19-,22-/m1/s1. The molecule has 2 aromatic rings. The van der Waals surface area contributed by atoms with Crippen molar-refractivity contribution in [3.63, 3.8) is 0 Å². The maximum atomic E-state index is 14.2. The normalized spacial score (nSPS) is 19.3. The van der Waals surface area contributed by atoms with E-state index < -0.39 is 56.3 Å². The van der Waals surface area contributed by atoms with Crippen LogP contribution >= 0.6 is 11.6 Å². The van der Waals surface area contributed by atoms with Gasteiger partial charge in [-0.05, 0) is 49.7 Å². The number of sulfonamides is 1. The Bertz CT molecular complexity index is 1270. The fraction of sp³-hybridized carbons (Fsp3) is 0.480. The molecule has 0 bridgehead atoms. The van der Waals surface area contributed by atoms with E-state index in [0.717, 1.165) is 56.2 Å². The zero-order valence-corrected chi connectivity index (χ0v) is 21.9. The first-order chi connectivity index (χ1) is 17.9. The van der Waals surface area contributed by atoms with Crippen LogP contribution in [0, 0.1) is 5.82 Å². The molecule has 2 aliphatic rings. The van der Waals surface area contributed by atoms with Gasteiger partial charge in [-0.1, -0.05) is 36.2 Å². The van der Waals surface area contributed by atoms with Crippen molar-refractivity contribution in [3.05, 3.63) is 58.4 Å². The Morgan fingerprint density at radius 3 is 2.61 bits per heavy atom. The SMILES string of the molecule is O=C(C[C@@H](NS(=O)(=O)c1cccc(Cl)c1F)C(F)(F)F)N[C@@H]1CCOc2cc(CN3CCCCC3)ccc21. The molecular weight excluding hydrogens is 550 g/mol. The number of hydrogen-bond donors (Lipinski definition) is 2. The molecule has 1 saturated heterocycles. The van der Waals surface area contributed by atoms with E-state index in [0.29, 0.717) is 17.7 Å². The van der Waals surface area contributed by atoms with Crippen molar-refractivity contribution < 1.29 is 35.5 Å². The van der Waals surface area contributed by atoms with Crippen LogP contribution in [0.5, 0.6) is 5.75 Å². The molecule has 0 aliphatic carbocycles. The highest BCUT2D eigenvalue weighted by Gasteiger charge is 2.44. The molecule has 7 nitrogen and oxygen atoms in total. The highest BCUT2D eigenvalue weighted by molar-refractivity contribution is 7.89. The summed E-state index contributed by atoms with van der Waals surface area (Å²) >= 11 is 5.57. The lowest BCUT2D eigenvalue weighted by atomic mass is 9.98. The van der Waals surface area contributed by atoms with E-state index in [1.807, 2.05) is 12.1 Å². The summed E-state index contributed by atoms with van der Waals surface area (Å²) in [5, 5.41) is 2.00. The van der Waals surface area contributed by atoms with E-state index >= 15 is 0 Å². The lowest BCUT2D eigenvalue weighted by molar-refractivity contribution is -0.158. The van der Waals surface area contributed by atoms with Gasteiger partial charge in [-0.15, -0.1) is 0 Å². The highest BCUT2D eigenvalue weighted by Crippen LogP contribution is 2.34. The number of nitrogens with zero attached hydrogens (tertiary/aromatic N) is 1. The van der Waals surface area contributed by atoms with Gasteiger partial charge in [0, 0.05) is 18.5 Å². The Balaban J connectivity index is 1.44. The number of piperidine rings is 1. The Morgan fingerprint density at radius 1 is 1.16 bits per heavy atom. The second-order valence-corrected chi connectivity index (χ2v) is 11.5. The van der Waals surface area contributed by atoms with E-state index in [9.17, 15) is 30.8 Å². The molecule has 0 unspecified atom stereocenters. The second-order valence-electron chi connectivity index (χ2n) is 9.44. The summed E-state index contributed by atoms with van der Waals surface area (Å²) in [5.74, 6) is -1.84. The van der Waals surface area contributed by atoms with Gasteiger partial charge in [0.15, 0.2) is 5.82 Å². The predicted molar refractivity (Wildman–Crippen MR) is 133 cm³/mol. The number of rotatable bonds is 8. The van der Waals surface area contributed by atoms with E-state index in [1.54, 1.807) is 6.07 Å². The fourth-order valence-corrected chi connectivity index (χ4v) is 6.22. The number of amides is 1. The first kappa shape index (κ1) is 28.6. The molecule has 2 N–H and O–H groups in total. The van der Waals surface area contributed by atoms with Crippen LogP contribution < -0.4 is 14.8 Å². The maximum Gasteiger partial charge on any atom is 0.405 e. The van der Waals surface area contributed by atoms with E-state index in [-0.39, 0.29) is 6.61 Å². The van der Waals surface area contributed by atoms with Crippen LogP contribution in [0.2, 0.25) is 5.02 Å². The van der Waals surface area contributed by atoms with Crippen molar-refractivity contribution in [2.75, 3.05) is 19.7 Å². The van der Waals surface area contributed by atoms with Crippen LogP contribution in [0.1, 0.15) is 49.3 Å². The van der Waals surface area contributed by atoms with Gasteiger partial charge >= 0.3 is 6.18 Å². The minimum absolute atomic E-state index is 0.258. The third-order valence-corrected chi connectivity index (χ3v) is 8.38. The number of likely N-dealkylation sites (tertiary alicyclic amines) is 1. The van der Waals surface area contributed by atoms with Crippen molar-refractivity contribution in [1.82, 2.24) is 14.9 Å².